The highest BCUT2D eigenvalue weighted by atomic mass is 16.6. The number of nitrogens with two attached hydrogens (primary N) is 1. The number of carbonyl (C=O) groups is 1. The number of aromatic nitrogens is 3. The summed E-state index contributed by atoms with van der Waals surface area (Å²) in [5.74, 6) is 1.90. The molecule has 0 saturated carbocycles. The molecule has 0 saturated heterocycles. The second-order valence-electron chi connectivity index (χ2n) is 8.84. The Morgan fingerprint density at radius 2 is 1.59 bits per heavy atom. The minimum absolute atomic E-state index is 0.233. The summed E-state index contributed by atoms with van der Waals surface area (Å²) < 4.78 is 13.6. The highest BCUT2D eigenvalue weighted by Crippen LogP contribution is 2.35. The lowest BCUT2D eigenvalue weighted by Crippen LogP contribution is -2.36. The number of hydrogen-bond acceptors (Lipinski definition) is 6. The molecule has 1 aliphatic rings. The second-order valence-corrected chi connectivity index (χ2v) is 8.84. The van der Waals surface area contributed by atoms with Gasteiger partial charge in [0.05, 0.1) is 12.1 Å². The molecule has 8 nitrogen and oxygen atoms in total. The van der Waals surface area contributed by atoms with E-state index in [0.717, 1.165) is 45.0 Å². The van der Waals surface area contributed by atoms with Crippen LogP contribution in [-0.2, 0) is 24.3 Å². The monoisotopic (exact) mass is 491 g/mol. The van der Waals surface area contributed by atoms with Crippen molar-refractivity contribution in [3.05, 3.63) is 108 Å². The molecule has 3 heterocycles. The molecule has 1 amide bonds. The number of nitrogens with zero attached hydrogens (tertiary/aromatic N) is 4. The molecule has 2 N–H and O–H groups in total. The number of anilines is 1. The van der Waals surface area contributed by atoms with Gasteiger partial charge in [0, 0.05) is 29.9 Å². The summed E-state index contributed by atoms with van der Waals surface area (Å²) >= 11 is 0. The zero-order valence-electron chi connectivity index (χ0n) is 20.1. The summed E-state index contributed by atoms with van der Waals surface area (Å²) in [5, 5.41) is 0. The van der Waals surface area contributed by atoms with E-state index in [2.05, 4.69) is 14.5 Å². The molecule has 8 heteroatoms. The van der Waals surface area contributed by atoms with Crippen molar-refractivity contribution in [2.24, 2.45) is 0 Å². The van der Waals surface area contributed by atoms with Crippen molar-refractivity contribution in [2.45, 2.75) is 19.6 Å². The van der Waals surface area contributed by atoms with Crippen molar-refractivity contribution in [3.8, 4) is 17.2 Å². The van der Waals surface area contributed by atoms with Crippen LogP contribution in [0.25, 0.3) is 16.7 Å². The summed E-state index contributed by atoms with van der Waals surface area (Å²) in [6, 6.07) is 27.1. The molecule has 0 aliphatic carbocycles. The molecule has 3 aromatic carbocycles. The third kappa shape index (κ3) is 4.45. The first-order chi connectivity index (χ1) is 18.2. The highest BCUT2D eigenvalue weighted by Gasteiger charge is 2.29. The van der Waals surface area contributed by atoms with Crippen LogP contribution in [0.5, 0.6) is 11.5 Å². The summed E-state index contributed by atoms with van der Waals surface area (Å²) in [4.78, 5) is 23.4. The van der Waals surface area contributed by atoms with Gasteiger partial charge >= 0.3 is 6.09 Å². The van der Waals surface area contributed by atoms with E-state index in [1.54, 1.807) is 4.90 Å². The summed E-state index contributed by atoms with van der Waals surface area (Å²) in [5.41, 5.74) is 11.7. The molecule has 0 radical (unpaired) electrons. The van der Waals surface area contributed by atoms with Gasteiger partial charge in [-0.05, 0) is 42.0 Å². The number of amides is 1. The Bertz CT molecular complexity index is 1550. The van der Waals surface area contributed by atoms with Crippen LogP contribution in [0.4, 0.5) is 10.6 Å². The van der Waals surface area contributed by atoms with Gasteiger partial charge in [0.15, 0.2) is 5.82 Å². The molecule has 0 bridgehead atoms. The van der Waals surface area contributed by atoms with Gasteiger partial charge in [-0.3, -0.25) is 0 Å². The van der Waals surface area contributed by atoms with Crippen LogP contribution in [0.1, 0.15) is 16.8 Å². The lowest BCUT2D eigenvalue weighted by Gasteiger charge is -2.27. The zero-order chi connectivity index (χ0) is 25.2. The SMILES string of the molecule is Nc1ncnc2c3c(n(-c4ccc(Oc5ccccc5)cc4)c12)CCN(C(=O)OCc1ccccc1)C3. The summed E-state index contributed by atoms with van der Waals surface area (Å²) in [7, 11) is 0. The Morgan fingerprint density at radius 3 is 2.35 bits per heavy atom. The van der Waals surface area contributed by atoms with E-state index in [-0.39, 0.29) is 12.7 Å². The van der Waals surface area contributed by atoms with Crippen molar-refractivity contribution in [1.29, 1.82) is 0 Å². The number of para-hydroxylation sites is 1. The lowest BCUT2D eigenvalue weighted by atomic mass is 10.1. The molecule has 1 aliphatic heterocycles. The Kier molecular flexibility index (Phi) is 5.90. The predicted octanol–water partition coefficient (Wildman–Crippen LogP) is 5.49. The van der Waals surface area contributed by atoms with Crippen molar-refractivity contribution >= 4 is 22.9 Å². The van der Waals surface area contributed by atoms with E-state index >= 15 is 0 Å². The number of rotatable bonds is 5. The third-order valence-corrected chi connectivity index (χ3v) is 6.48. The average Bonchev–Trinajstić information content (AvgIpc) is 3.28. The molecule has 5 aromatic rings. The van der Waals surface area contributed by atoms with Gasteiger partial charge in [0.25, 0.3) is 0 Å². The molecular formula is C29H25N5O3. The quantitative estimate of drug-likeness (QED) is 0.349. The molecule has 0 unspecified atom stereocenters. The summed E-state index contributed by atoms with van der Waals surface area (Å²) in [6.45, 7) is 1.15. The van der Waals surface area contributed by atoms with E-state index in [0.29, 0.717) is 25.3 Å². The standard InChI is InChI=1S/C29H25N5O3/c30-28-27-26(31-19-32-28)24-17-33(29(35)36-18-20-7-3-1-4-8-20)16-15-25(24)34(27)21-11-13-23(14-12-21)37-22-9-5-2-6-10-22/h1-14,19H,15-18H2,(H2,30,31,32). The Labute approximate surface area is 213 Å². The van der Waals surface area contributed by atoms with Crippen LogP contribution in [-0.4, -0.2) is 32.1 Å². The Balaban J connectivity index is 1.29. The molecule has 37 heavy (non-hydrogen) atoms. The van der Waals surface area contributed by atoms with Gasteiger partial charge in [0.1, 0.15) is 29.9 Å². The smallest absolute Gasteiger partial charge is 0.410 e. The molecule has 0 spiro atoms. The van der Waals surface area contributed by atoms with Gasteiger partial charge in [-0.25, -0.2) is 14.8 Å². The molecular weight excluding hydrogens is 466 g/mol. The van der Waals surface area contributed by atoms with Crippen molar-refractivity contribution in [1.82, 2.24) is 19.4 Å². The highest BCUT2D eigenvalue weighted by molar-refractivity contribution is 5.91. The molecule has 0 atom stereocenters. The van der Waals surface area contributed by atoms with E-state index in [1.165, 1.54) is 6.33 Å². The maximum atomic E-state index is 12.9. The van der Waals surface area contributed by atoms with E-state index in [4.69, 9.17) is 15.2 Å². The molecule has 184 valence electrons. The maximum absolute atomic E-state index is 12.9. The van der Waals surface area contributed by atoms with Gasteiger partial charge in [0.2, 0.25) is 0 Å². The fourth-order valence-electron chi connectivity index (χ4n) is 4.72. The van der Waals surface area contributed by atoms with E-state index in [1.807, 2.05) is 84.9 Å². The van der Waals surface area contributed by atoms with Gasteiger partial charge in [-0.15, -0.1) is 0 Å². The van der Waals surface area contributed by atoms with Crippen LogP contribution in [0.15, 0.2) is 91.3 Å². The number of benzene rings is 3. The maximum Gasteiger partial charge on any atom is 0.410 e. The van der Waals surface area contributed by atoms with Gasteiger partial charge in [-0.2, -0.15) is 0 Å². The second kappa shape index (κ2) is 9.66. The minimum Gasteiger partial charge on any atom is -0.457 e. The van der Waals surface area contributed by atoms with Gasteiger partial charge in [-0.1, -0.05) is 48.5 Å². The number of carbonyl (C=O) groups excluding carboxylic acids is 1. The third-order valence-electron chi connectivity index (χ3n) is 6.48. The first-order valence-electron chi connectivity index (χ1n) is 12.1. The van der Waals surface area contributed by atoms with Crippen LogP contribution in [0.2, 0.25) is 0 Å². The molecule has 2 aromatic heterocycles. The first kappa shape index (κ1) is 22.6. The van der Waals surface area contributed by atoms with Crippen LogP contribution in [0, 0.1) is 0 Å². The molecule has 0 fully saturated rings. The minimum atomic E-state index is -0.347. The first-order valence-corrected chi connectivity index (χ1v) is 12.1. The van der Waals surface area contributed by atoms with Crippen LogP contribution in [0.3, 0.4) is 0 Å². The Hall–Kier alpha value is -4.85. The average molecular weight is 492 g/mol. The normalized spacial score (nSPS) is 12.8. The van der Waals surface area contributed by atoms with Crippen LogP contribution < -0.4 is 10.5 Å². The number of hydrogen-bond donors (Lipinski definition) is 1. The van der Waals surface area contributed by atoms with Crippen molar-refractivity contribution < 1.29 is 14.3 Å². The lowest BCUT2D eigenvalue weighted by molar-refractivity contribution is 0.0918. The fraction of sp³-hybridized carbons (Fsp3) is 0.138. The number of fused-ring (bicyclic) bond motifs is 3. The predicted molar refractivity (Wildman–Crippen MR) is 141 cm³/mol. The largest absolute Gasteiger partial charge is 0.457 e. The van der Waals surface area contributed by atoms with Crippen molar-refractivity contribution in [3.63, 3.8) is 0 Å². The summed E-state index contributed by atoms with van der Waals surface area (Å²) in [6.07, 6.45) is 1.75. The number of nitrogen functional groups attached to an aromatic ring is 1. The van der Waals surface area contributed by atoms with Crippen LogP contribution >= 0.6 is 0 Å². The van der Waals surface area contributed by atoms with Gasteiger partial charge < -0.3 is 24.7 Å². The topological polar surface area (TPSA) is 95.5 Å². The Morgan fingerprint density at radius 1 is 0.892 bits per heavy atom. The van der Waals surface area contributed by atoms with E-state index in [9.17, 15) is 4.79 Å². The number of ether oxygens (including phenoxy) is 2. The van der Waals surface area contributed by atoms with Crippen molar-refractivity contribution in [2.75, 3.05) is 12.3 Å². The zero-order valence-corrected chi connectivity index (χ0v) is 20.1. The fourth-order valence-corrected chi connectivity index (χ4v) is 4.72. The molecule has 6 rings (SSSR count). The van der Waals surface area contributed by atoms with E-state index < -0.39 is 0 Å².